The molecule has 2 saturated heterocycles. The minimum atomic E-state index is 0.148. The fourth-order valence-electron chi connectivity index (χ4n) is 3.58. The Hall–Kier alpha value is -1.06. The van der Waals surface area contributed by atoms with Crippen LogP contribution in [0.5, 0.6) is 5.75 Å². The zero-order valence-electron chi connectivity index (χ0n) is 10.3. The molecule has 0 amide bonds. The smallest absolute Gasteiger partial charge is 0.118 e. The molecule has 3 unspecified atom stereocenters. The Morgan fingerprint density at radius 2 is 2.12 bits per heavy atom. The molecule has 3 nitrogen and oxygen atoms in total. The summed E-state index contributed by atoms with van der Waals surface area (Å²) >= 11 is 0. The molecule has 2 heterocycles. The lowest BCUT2D eigenvalue weighted by Gasteiger charge is -2.36. The molecule has 2 bridgehead atoms. The summed E-state index contributed by atoms with van der Waals surface area (Å²) in [7, 11) is 1.70. The van der Waals surface area contributed by atoms with Crippen LogP contribution >= 0.6 is 0 Å². The van der Waals surface area contributed by atoms with Gasteiger partial charge in [-0.25, -0.2) is 0 Å². The van der Waals surface area contributed by atoms with Gasteiger partial charge in [-0.15, -0.1) is 0 Å². The third-order valence-electron chi connectivity index (χ3n) is 4.55. The highest BCUT2D eigenvalue weighted by atomic mass is 16.5. The van der Waals surface area contributed by atoms with Gasteiger partial charge in [0.05, 0.1) is 7.11 Å². The van der Waals surface area contributed by atoms with Crippen LogP contribution in [0.2, 0.25) is 0 Å². The van der Waals surface area contributed by atoms with E-state index in [1.807, 2.05) is 12.1 Å². The summed E-state index contributed by atoms with van der Waals surface area (Å²) in [5, 5.41) is 3.69. The zero-order chi connectivity index (χ0) is 11.9. The third-order valence-corrected chi connectivity index (χ3v) is 4.55. The largest absolute Gasteiger partial charge is 0.497 e. The summed E-state index contributed by atoms with van der Waals surface area (Å²) in [6, 6.07) is 9.66. The fraction of sp³-hybridized carbons (Fsp3) is 0.571. The van der Waals surface area contributed by atoms with E-state index in [4.69, 9.17) is 10.5 Å². The van der Waals surface area contributed by atoms with Gasteiger partial charge >= 0.3 is 0 Å². The summed E-state index contributed by atoms with van der Waals surface area (Å²) < 4.78 is 5.21. The minimum Gasteiger partial charge on any atom is -0.497 e. The van der Waals surface area contributed by atoms with E-state index in [0.29, 0.717) is 12.1 Å². The number of hydrogen-bond donors (Lipinski definition) is 2. The van der Waals surface area contributed by atoms with Crippen LogP contribution in [-0.2, 0) is 5.41 Å². The van der Waals surface area contributed by atoms with Crippen molar-refractivity contribution < 1.29 is 4.74 Å². The van der Waals surface area contributed by atoms with Crippen LogP contribution in [0.4, 0.5) is 0 Å². The standard InChI is InChI=1S/C14H20N2O/c1-17-12-5-2-10(3-6-12)14(9-15)8-11-4-7-13(14)16-11/h2-3,5-6,11,13,16H,4,7-9,15H2,1H3. The second-order valence-electron chi connectivity index (χ2n) is 5.29. The van der Waals surface area contributed by atoms with Crippen LogP contribution in [0.25, 0.3) is 0 Å². The number of hydrogen-bond acceptors (Lipinski definition) is 3. The van der Waals surface area contributed by atoms with Gasteiger partial charge in [-0.1, -0.05) is 12.1 Å². The Kier molecular flexibility index (Phi) is 2.60. The molecular formula is C14H20N2O. The highest BCUT2D eigenvalue weighted by molar-refractivity contribution is 5.37. The van der Waals surface area contributed by atoms with Gasteiger partial charge < -0.3 is 15.8 Å². The van der Waals surface area contributed by atoms with E-state index in [1.54, 1.807) is 7.11 Å². The maximum absolute atomic E-state index is 6.09. The molecular weight excluding hydrogens is 212 g/mol. The molecule has 3 heteroatoms. The van der Waals surface area contributed by atoms with Crippen molar-refractivity contribution in [1.82, 2.24) is 5.32 Å². The highest BCUT2D eigenvalue weighted by Gasteiger charge is 2.50. The lowest BCUT2D eigenvalue weighted by molar-refractivity contribution is 0.339. The van der Waals surface area contributed by atoms with Gasteiger partial charge in [0.25, 0.3) is 0 Å². The average molecular weight is 232 g/mol. The van der Waals surface area contributed by atoms with Crippen molar-refractivity contribution in [3.8, 4) is 5.75 Å². The van der Waals surface area contributed by atoms with E-state index in [2.05, 4.69) is 17.4 Å². The molecule has 2 aliphatic heterocycles. The topological polar surface area (TPSA) is 47.3 Å². The molecule has 0 spiro atoms. The monoisotopic (exact) mass is 232 g/mol. The molecule has 0 aromatic heterocycles. The van der Waals surface area contributed by atoms with Crippen molar-refractivity contribution in [1.29, 1.82) is 0 Å². The Morgan fingerprint density at radius 3 is 2.59 bits per heavy atom. The van der Waals surface area contributed by atoms with Crippen molar-refractivity contribution in [3.63, 3.8) is 0 Å². The van der Waals surface area contributed by atoms with E-state index in [9.17, 15) is 0 Å². The van der Waals surface area contributed by atoms with Gasteiger partial charge in [-0.05, 0) is 37.0 Å². The SMILES string of the molecule is COc1ccc(C2(CN)CC3CCC2N3)cc1. The van der Waals surface area contributed by atoms with E-state index >= 15 is 0 Å². The molecule has 0 radical (unpaired) electrons. The first-order chi connectivity index (χ1) is 8.28. The Balaban J connectivity index is 1.94. The predicted molar refractivity (Wildman–Crippen MR) is 68.3 cm³/mol. The van der Waals surface area contributed by atoms with Crippen LogP contribution in [0.1, 0.15) is 24.8 Å². The first kappa shape index (κ1) is 11.1. The molecule has 1 aromatic rings. The second kappa shape index (κ2) is 4.00. The average Bonchev–Trinajstić information content (AvgIpc) is 2.99. The van der Waals surface area contributed by atoms with Crippen molar-refractivity contribution in [2.45, 2.75) is 36.8 Å². The Morgan fingerprint density at radius 1 is 1.35 bits per heavy atom. The summed E-state index contributed by atoms with van der Waals surface area (Å²) in [6.07, 6.45) is 3.75. The second-order valence-corrected chi connectivity index (χ2v) is 5.29. The first-order valence-electron chi connectivity index (χ1n) is 6.39. The first-order valence-corrected chi connectivity index (χ1v) is 6.39. The van der Waals surface area contributed by atoms with E-state index in [0.717, 1.165) is 12.3 Å². The lowest BCUT2D eigenvalue weighted by Crippen LogP contribution is -2.45. The molecule has 3 N–H and O–H groups in total. The molecule has 0 saturated carbocycles. The summed E-state index contributed by atoms with van der Waals surface area (Å²) in [5.74, 6) is 0.914. The van der Waals surface area contributed by atoms with Crippen molar-refractivity contribution >= 4 is 0 Å². The van der Waals surface area contributed by atoms with Crippen LogP contribution in [0.3, 0.4) is 0 Å². The third kappa shape index (κ3) is 1.57. The number of nitrogens with two attached hydrogens (primary N) is 1. The molecule has 0 aliphatic carbocycles. The number of nitrogens with one attached hydrogen (secondary N) is 1. The Labute approximate surface area is 102 Å². The van der Waals surface area contributed by atoms with Gasteiger partial charge in [0, 0.05) is 24.0 Å². The van der Waals surface area contributed by atoms with Crippen molar-refractivity contribution in [2.75, 3.05) is 13.7 Å². The van der Waals surface area contributed by atoms with Crippen molar-refractivity contribution in [2.24, 2.45) is 5.73 Å². The van der Waals surface area contributed by atoms with Gasteiger partial charge in [-0.3, -0.25) is 0 Å². The molecule has 3 atom stereocenters. The van der Waals surface area contributed by atoms with Gasteiger partial charge in [0.1, 0.15) is 5.75 Å². The van der Waals surface area contributed by atoms with E-state index in [1.165, 1.54) is 24.8 Å². The maximum Gasteiger partial charge on any atom is 0.118 e. The minimum absolute atomic E-state index is 0.148. The van der Waals surface area contributed by atoms with E-state index in [-0.39, 0.29) is 5.41 Å². The fourth-order valence-corrected chi connectivity index (χ4v) is 3.58. The van der Waals surface area contributed by atoms with E-state index < -0.39 is 0 Å². The number of fused-ring (bicyclic) bond motifs is 2. The van der Waals surface area contributed by atoms with Crippen LogP contribution in [-0.4, -0.2) is 25.7 Å². The number of rotatable bonds is 3. The molecule has 17 heavy (non-hydrogen) atoms. The van der Waals surface area contributed by atoms with Crippen LogP contribution < -0.4 is 15.8 Å². The van der Waals surface area contributed by atoms with Gasteiger partial charge in [0.15, 0.2) is 0 Å². The summed E-state index contributed by atoms with van der Waals surface area (Å²) in [4.78, 5) is 0. The summed E-state index contributed by atoms with van der Waals surface area (Å²) in [5.41, 5.74) is 7.60. The molecule has 92 valence electrons. The zero-order valence-corrected chi connectivity index (χ0v) is 10.3. The predicted octanol–water partition coefficient (Wildman–Crippen LogP) is 1.42. The quantitative estimate of drug-likeness (QED) is 0.828. The summed E-state index contributed by atoms with van der Waals surface area (Å²) in [6.45, 7) is 0.730. The molecule has 3 rings (SSSR count). The Bertz CT molecular complexity index is 403. The number of methoxy groups -OCH3 is 1. The number of benzene rings is 1. The normalized spacial score (nSPS) is 35.2. The van der Waals surface area contributed by atoms with Crippen LogP contribution in [0.15, 0.2) is 24.3 Å². The number of ether oxygens (including phenoxy) is 1. The lowest BCUT2D eigenvalue weighted by atomic mass is 9.69. The highest BCUT2D eigenvalue weighted by Crippen LogP contribution is 2.45. The maximum atomic E-state index is 6.09. The molecule has 2 fully saturated rings. The molecule has 1 aromatic carbocycles. The van der Waals surface area contributed by atoms with Crippen LogP contribution in [0, 0.1) is 0 Å². The van der Waals surface area contributed by atoms with Crippen molar-refractivity contribution in [3.05, 3.63) is 29.8 Å². The van der Waals surface area contributed by atoms with Gasteiger partial charge in [-0.2, -0.15) is 0 Å². The molecule has 2 aliphatic rings. The van der Waals surface area contributed by atoms with Gasteiger partial charge in [0.2, 0.25) is 0 Å².